The van der Waals surface area contributed by atoms with Gasteiger partial charge in [-0.1, -0.05) is 0 Å². The molecule has 1 aromatic carbocycles. The van der Waals surface area contributed by atoms with Crippen LogP contribution in [0.25, 0.3) is 23.0 Å². The van der Waals surface area contributed by atoms with Crippen molar-refractivity contribution in [2.75, 3.05) is 5.32 Å². The Morgan fingerprint density at radius 1 is 1.21 bits per heavy atom. The molecule has 0 unspecified atom stereocenters. The lowest BCUT2D eigenvalue weighted by Crippen LogP contribution is -1.92. The number of aromatic nitrogens is 3. The first-order chi connectivity index (χ1) is 9.36. The standard InChI is InChI=1S/C13H10N4O2/c18-8-14-10-5-3-9(4-6-10)12-15-13(17-16-12)11-2-1-7-19-11/h1-8H,(H,14,18)(H,15,16,17). The number of nitrogens with zero attached hydrogens (tertiary/aromatic N) is 2. The van der Waals surface area contributed by atoms with Gasteiger partial charge in [-0.25, -0.2) is 4.98 Å². The quantitative estimate of drug-likeness (QED) is 0.700. The molecular weight excluding hydrogens is 244 g/mol. The van der Waals surface area contributed by atoms with E-state index in [9.17, 15) is 4.79 Å². The summed E-state index contributed by atoms with van der Waals surface area (Å²) in [5.41, 5.74) is 1.58. The monoisotopic (exact) mass is 254 g/mol. The van der Waals surface area contributed by atoms with Crippen LogP contribution in [0.2, 0.25) is 0 Å². The van der Waals surface area contributed by atoms with Gasteiger partial charge in [0.1, 0.15) is 0 Å². The highest BCUT2D eigenvalue weighted by Crippen LogP contribution is 2.21. The van der Waals surface area contributed by atoms with E-state index in [0.29, 0.717) is 23.8 Å². The zero-order valence-electron chi connectivity index (χ0n) is 9.83. The van der Waals surface area contributed by atoms with Crippen molar-refractivity contribution >= 4 is 12.1 Å². The topological polar surface area (TPSA) is 83.8 Å². The van der Waals surface area contributed by atoms with Crippen molar-refractivity contribution in [1.82, 2.24) is 15.2 Å². The Hall–Kier alpha value is -2.89. The number of rotatable bonds is 4. The largest absolute Gasteiger partial charge is 0.461 e. The fourth-order valence-corrected chi connectivity index (χ4v) is 1.70. The highest BCUT2D eigenvalue weighted by atomic mass is 16.3. The highest BCUT2D eigenvalue weighted by Gasteiger charge is 2.09. The maximum absolute atomic E-state index is 10.3. The van der Waals surface area contributed by atoms with Gasteiger partial charge in [0.2, 0.25) is 6.41 Å². The van der Waals surface area contributed by atoms with Gasteiger partial charge < -0.3 is 9.73 Å². The van der Waals surface area contributed by atoms with Gasteiger partial charge in [-0.3, -0.25) is 9.89 Å². The first kappa shape index (κ1) is 11.2. The van der Waals surface area contributed by atoms with E-state index in [0.717, 1.165) is 11.3 Å². The Morgan fingerprint density at radius 3 is 2.74 bits per heavy atom. The fraction of sp³-hybridized carbons (Fsp3) is 0. The zero-order chi connectivity index (χ0) is 13.1. The molecular formula is C13H10N4O2. The summed E-state index contributed by atoms with van der Waals surface area (Å²) in [5, 5.41) is 9.52. The number of benzene rings is 1. The SMILES string of the molecule is O=CNc1ccc(-c2n[nH]c(-c3ccco3)n2)cc1. The molecule has 6 nitrogen and oxygen atoms in total. The number of carbonyl (C=O) groups excluding carboxylic acids is 1. The van der Waals surface area contributed by atoms with Crippen molar-refractivity contribution in [1.29, 1.82) is 0 Å². The molecule has 1 amide bonds. The van der Waals surface area contributed by atoms with E-state index in [2.05, 4.69) is 20.5 Å². The third kappa shape index (κ3) is 2.23. The predicted molar refractivity (Wildman–Crippen MR) is 69.2 cm³/mol. The van der Waals surface area contributed by atoms with Crippen molar-refractivity contribution in [3.05, 3.63) is 42.7 Å². The van der Waals surface area contributed by atoms with Gasteiger partial charge >= 0.3 is 0 Å². The van der Waals surface area contributed by atoms with Crippen LogP contribution in [0, 0.1) is 0 Å². The molecule has 0 bridgehead atoms. The molecule has 19 heavy (non-hydrogen) atoms. The number of carbonyl (C=O) groups is 1. The van der Waals surface area contributed by atoms with Crippen LogP contribution in [0.5, 0.6) is 0 Å². The summed E-state index contributed by atoms with van der Waals surface area (Å²) in [4.78, 5) is 14.7. The van der Waals surface area contributed by atoms with Crippen LogP contribution in [-0.4, -0.2) is 21.6 Å². The van der Waals surface area contributed by atoms with E-state index in [4.69, 9.17) is 4.42 Å². The Kier molecular flexibility index (Phi) is 2.82. The Balaban J connectivity index is 1.88. The molecule has 2 heterocycles. The molecule has 0 saturated carbocycles. The van der Waals surface area contributed by atoms with Gasteiger partial charge in [0.25, 0.3) is 0 Å². The number of hydrogen-bond donors (Lipinski definition) is 2. The molecule has 2 N–H and O–H groups in total. The first-order valence-electron chi connectivity index (χ1n) is 5.64. The van der Waals surface area contributed by atoms with Crippen LogP contribution in [0.4, 0.5) is 5.69 Å². The highest BCUT2D eigenvalue weighted by molar-refractivity contribution is 5.72. The molecule has 6 heteroatoms. The second kappa shape index (κ2) is 4.77. The lowest BCUT2D eigenvalue weighted by molar-refractivity contribution is -0.105. The van der Waals surface area contributed by atoms with Crippen molar-refractivity contribution in [3.63, 3.8) is 0 Å². The molecule has 0 saturated heterocycles. The van der Waals surface area contributed by atoms with Gasteiger partial charge in [0.15, 0.2) is 17.4 Å². The van der Waals surface area contributed by atoms with Crippen molar-refractivity contribution in [2.24, 2.45) is 0 Å². The van der Waals surface area contributed by atoms with Crippen LogP contribution in [0.3, 0.4) is 0 Å². The molecule has 94 valence electrons. The Bertz CT molecular complexity index is 671. The van der Waals surface area contributed by atoms with E-state index in [1.54, 1.807) is 30.5 Å². The number of amides is 1. The van der Waals surface area contributed by atoms with E-state index >= 15 is 0 Å². The number of aromatic amines is 1. The maximum atomic E-state index is 10.3. The number of nitrogens with one attached hydrogen (secondary N) is 2. The van der Waals surface area contributed by atoms with E-state index < -0.39 is 0 Å². The molecule has 2 aromatic heterocycles. The van der Waals surface area contributed by atoms with Crippen LogP contribution in [-0.2, 0) is 4.79 Å². The molecule has 3 rings (SSSR count). The van der Waals surface area contributed by atoms with Crippen LogP contribution in [0.15, 0.2) is 47.1 Å². The normalized spacial score (nSPS) is 10.3. The Labute approximate surface area is 108 Å². The van der Waals surface area contributed by atoms with Crippen molar-refractivity contribution < 1.29 is 9.21 Å². The number of H-pyrrole nitrogens is 1. The second-order valence-corrected chi connectivity index (χ2v) is 3.82. The van der Waals surface area contributed by atoms with E-state index in [1.807, 2.05) is 12.1 Å². The smallest absolute Gasteiger partial charge is 0.211 e. The molecule has 0 spiro atoms. The van der Waals surface area contributed by atoms with Crippen molar-refractivity contribution in [3.8, 4) is 23.0 Å². The first-order valence-corrected chi connectivity index (χ1v) is 5.64. The molecule has 3 aromatic rings. The number of anilines is 1. The molecule has 0 radical (unpaired) electrons. The summed E-state index contributed by atoms with van der Waals surface area (Å²) in [6, 6.07) is 10.8. The summed E-state index contributed by atoms with van der Waals surface area (Å²) in [7, 11) is 0. The number of furan rings is 1. The summed E-state index contributed by atoms with van der Waals surface area (Å²) in [6.45, 7) is 0. The molecule has 0 aliphatic heterocycles. The second-order valence-electron chi connectivity index (χ2n) is 3.82. The van der Waals surface area contributed by atoms with Gasteiger partial charge in [-0.2, -0.15) is 5.10 Å². The summed E-state index contributed by atoms with van der Waals surface area (Å²) in [6.07, 6.45) is 2.22. The Morgan fingerprint density at radius 2 is 2.05 bits per heavy atom. The minimum atomic E-state index is 0.573. The van der Waals surface area contributed by atoms with Gasteiger partial charge in [0, 0.05) is 11.3 Å². The maximum Gasteiger partial charge on any atom is 0.211 e. The number of hydrogen-bond acceptors (Lipinski definition) is 4. The summed E-state index contributed by atoms with van der Waals surface area (Å²) in [5.74, 6) is 1.79. The average Bonchev–Trinajstić information content (AvgIpc) is 3.11. The fourth-order valence-electron chi connectivity index (χ4n) is 1.70. The summed E-state index contributed by atoms with van der Waals surface area (Å²) >= 11 is 0. The predicted octanol–water partition coefficient (Wildman–Crippen LogP) is 2.30. The van der Waals surface area contributed by atoms with E-state index in [-0.39, 0.29) is 0 Å². The molecule has 0 aliphatic carbocycles. The third-order valence-electron chi connectivity index (χ3n) is 2.61. The minimum Gasteiger partial charge on any atom is -0.461 e. The average molecular weight is 254 g/mol. The lowest BCUT2D eigenvalue weighted by atomic mass is 10.2. The lowest BCUT2D eigenvalue weighted by Gasteiger charge is -1.98. The minimum absolute atomic E-state index is 0.573. The van der Waals surface area contributed by atoms with Crippen molar-refractivity contribution in [2.45, 2.75) is 0 Å². The van der Waals surface area contributed by atoms with E-state index in [1.165, 1.54) is 0 Å². The third-order valence-corrected chi connectivity index (χ3v) is 2.61. The van der Waals surface area contributed by atoms with Crippen LogP contribution >= 0.6 is 0 Å². The zero-order valence-corrected chi connectivity index (χ0v) is 9.83. The van der Waals surface area contributed by atoms with Gasteiger partial charge in [0.05, 0.1) is 6.26 Å². The van der Waals surface area contributed by atoms with Crippen LogP contribution in [0.1, 0.15) is 0 Å². The molecule has 0 atom stereocenters. The van der Waals surface area contributed by atoms with Gasteiger partial charge in [-0.15, -0.1) is 0 Å². The summed E-state index contributed by atoms with van der Waals surface area (Å²) < 4.78 is 5.24. The van der Waals surface area contributed by atoms with Crippen LogP contribution < -0.4 is 5.32 Å². The van der Waals surface area contributed by atoms with Gasteiger partial charge in [-0.05, 0) is 36.4 Å². The molecule has 0 aliphatic rings. The molecule has 0 fully saturated rings.